The summed E-state index contributed by atoms with van der Waals surface area (Å²) in [6.45, 7) is 9.37. The minimum atomic E-state index is -4.65. The Hall–Kier alpha value is -3.40. The van der Waals surface area contributed by atoms with Crippen LogP contribution in [-0.2, 0) is 0 Å². The number of carbonyl (C=O) groups excluding carboxylic acids is 1. The third-order valence-electron chi connectivity index (χ3n) is 5.52. The number of hydrazine groups is 2. The summed E-state index contributed by atoms with van der Waals surface area (Å²) in [5.41, 5.74) is 3.96. The Kier molecular flexibility index (Phi) is 7.30. The van der Waals surface area contributed by atoms with Crippen molar-refractivity contribution in [2.75, 3.05) is 25.1 Å². The molecule has 0 bridgehead atoms. The summed E-state index contributed by atoms with van der Waals surface area (Å²) in [6.07, 6.45) is -2.17. The first-order chi connectivity index (χ1) is 15.9. The number of benzene rings is 1. The van der Waals surface area contributed by atoms with Crippen molar-refractivity contribution in [3.05, 3.63) is 59.5 Å². The van der Waals surface area contributed by atoms with Crippen LogP contribution in [0.15, 0.2) is 58.3 Å². The lowest BCUT2D eigenvalue weighted by atomic mass is 10.0. The van der Waals surface area contributed by atoms with E-state index < -0.39 is 17.9 Å². The highest BCUT2D eigenvalue weighted by Crippen LogP contribution is 2.30. The minimum Gasteiger partial charge on any atom is -0.326 e. The maximum absolute atomic E-state index is 13.7. The van der Waals surface area contributed by atoms with E-state index in [0.29, 0.717) is 11.3 Å². The zero-order valence-electron chi connectivity index (χ0n) is 19.5. The molecule has 2 atom stereocenters. The summed E-state index contributed by atoms with van der Waals surface area (Å²) >= 11 is 0. The molecule has 2 aliphatic rings. The normalized spacial score (nSPS) is 21.2. The van der Waals surface area contributed by atoms with Crippen molar-refractivity contribution < 1.29 is 18.0 Å². The number of halogens is 3. The molecule has 3 rings (SSSR count). The molecule has 182 valence electrons. The summed E-state index contributed by atoms with van der Waals surface area (Å²) in [5.74, 6) is 8.27. The van der Waals surface area contributed by atoms with Gasteiger partial charge in [0.15, 0.2) is 0 Å². The predicted molar refractivity (Wildman–Crippen MR) is 126 cm³/mol. The molecule has 0 spiro atoms. The summed E-state index contributed by atoms with van der Waals surface area (Å²) < 4.78 is 40.3. The first-order valence-electron chi connectivity index (χ1n) is 10.7. The van der Waals surface area contributed by atoms with E-state index in [2.05, 4.69) is 27.9 Å². The molecule has 8 nitrogen and oxygen atoms in total. The number of aryl methyl sites for hydroxylation is 1. The van der Waals surface area contributed by atoms with Crippen LogP contribution < -0.4 is 16.3 Å². The van der Waals surface area contributed by atoms with Crippen LogP contribution in [0.25, 0.3) is 0 Å². The van der Waals surface area contributed by atoms with Crippen molar-refractivity contribution >= 4 is 23.3 Å². The van der Waals surface area contributed by atoms with E-state index in [1.165, 1.54) is 16.9 Å². The van der Waals surface area contributed by atoms with Crippen LogP contribution in [0, 0.1) is 6.92 Å². The van der Waals surface area contributed by atoms with E-state index in [-0.39, 0.29) is 36.6 Å². The van der Waals surface area contributed by atoms with Crippen LogP contribution in [-0.4, -0.2) is 65.9 Å². The van der Waals surface area contributed by atoms with Crippen LogP contribution in [0.3, 0.4) is 0 Å². The highest BCUT2D eigenvalue weighted by atomic mass is 19.4. The molecule has 1 amide bonds. The van der Waals surface area contributed by atoms with E-state index in [1.54, 1.807) is 30.2 Å². The molecule has 2 heterocycles. The first kappa shape index (κ1) is 25.2. The van der Waals surface area contributed by atoms with Gasteiger partial charge in [0.25, 0.3) is 5.91 Å². The Morgan fingerprint density at radius 3 is 2.71 bits per heavy atom. The van der Waals surface area contributed by atoms with Gasteiger partial charge in [-0.25, -0.2) is 16.3 Å². The molecule has 0 aromatic heterocycles. The molecule has 11 heteroatoms. The maximum atomic E-state index is 13.7. The summed E-state index contributed by atoms with van der Waals surface area (Å²) in [7, 11) is 1.65. The second-order valence-corrected chi connectivity index (χ2v) is 8.26. The number of nitrogens with two attached hydrogens (primary N) is 1. The molecule has 1 fully saturated rings. The average Bonchev–Trinajstić information content (AvgIpc) is 3.06. The molecule has 1 aromatic carbocycles. The Bertz CT molecular complexity index is 1100. The number of allylic oxidation sites excluding steroid dienone is 2. The Morgan fingerprint density at radius 1 is 1.38 bits per heavy atom. The topological polar surface area (TPSA) is 89.6 Å². The molecular formula is C23H28F3N7O. The lowest BCUT2D eigenvalue weighted by Gasteiger charge is -2.34. The highest BCUT2D eigenvalue weighted by Gasteiger charge is 2.37. The molecular weight excluding hydrogens is 447 g/mol. The van der Waals surface area contributed by atoms with Crippen LogP contribution in [0.5, 0.6) is 0 Å². The molecule has 1 saturated heterocycles. The molecule has 0 saturated carbocycles. The molecule has 0 radical (unpaired) electrons. The third kappa shape index (κ3) is 5.39. The van der Waals surface area contributed by atoms with Gasteiger partial charge in [-0.2, -0.15) is 18.2 Å². The van der Waals surface area contributed by atoms with Crippen LogP contribution in [0.2, 0.25) is 0 Å². The van der Waals surface area contributed by atoms with E-state index in [4.69, 9.17) is 5.84 Å². The smallest absolute Gasteiger partial charge is 0.326 e. The van der Waals surface area contributed by atoms with Crippen molar-refractivity contribution in [3.63, 3.8) is 0 Å². The Balaban J connectivity index is 1.98. The van der Waals surface area contributed by atoms with E-state index in [1.807, 2.05) is 19.9 Å². The number of amidine groups is 1. The monoisotopic (exact) mass is 475 g/mol. The molecule has 2 aliphatic heterocycles. The number of hydrogen-bond donors (Lipinski definition) is 2. The van der Waals surface area contributed by atoms with Gasteiger partial charge in [-0.05, 0) is 32.9 Å². The standard InChI is InChI=1S/C23H28F3N7O/c1-6-17-13-32(18-10-21(23(24,25)26)30-16(4)28-12-18)29-11-15(3)33(17)22(34)19-9-14(2)7-8-20(19)31(5)27/h6-10,15,17,29H,1,11,13,27H2,2-5H3/t15-,17+/m1/s1. The second kappa shape index (κ2) is 9.84. The number of carbonyl (C=O) groups is 1. The lowest BCUT2D eigenvalue weighted by molar-refractivity contribution is -0.0924. The number of nitrogens with zero attached hydrogens (tertiary/aromatic N) is 5. The van der Waals surface area contributed by atoms with Gasteiger partial charge in [0.1, 0.15) is 17.2 Å². The van der Waals surface area contributed by atoms with Crippen molar-refractivity contribution in [1.82, 2.24) is 15.3 Å². The largest absolute Gasteiger partial charge is 0.433 e. The number of aliphatic imine (C=N–C) groups is 2. The fourth-order valence-electron chi connectivity index (χ4n) is 3.81. The van der Waals surface area contributed by atoms with Crippen LogP contribution >= 0.6 is 0 Å². The van der Waals surface area contributed by atoms with Gasteiger partial charge < -0.3 is 9.91 Å². The summed E-state index contributed by atoms with van der Waals surface area (Å²) in [6, 6.07) is 4.56. The van der Waals surface area contributed by atoms with E-state index in [0.717, 1.165) is 11.6 Å². The van der Waals surface area contributed by atoms with E-state index >= 15 is 0 Å². The minimum absolute atomic E-state index is 0.0548. The number of hydrogen-bond acceptors (Lipinski definition) is 7. The fraction of sp³-hybridized carbons (Fsp3) is 0.391. The van der Waals surface area contributed by atoms with Gasteiger partial charge in [0, 0.05) is 31.6 Å². The van der Waals surface area contributed by atoms with E-state index in [9.17, 15) is 18.0 Å². The maximum Gasteiger partial charge on any atom is 0.433 e. The second-order valence-electron chi connectivity index (χ2n) is 8.26. The number of amides is 1. The number of anilines is 1. The summed E-state index contributed by atoms with van der Waals surface area (Å²) in [5, 5.41) is 2.87. The number of alkyl halides is 3. The first-order valence-corrected chi connectivity index (χ1v) is 10.7. The molecule has 0 unspecified atom stereocenters. The average molecular weight is 476 g/mol. The van der Waals surface area contributed by atoms with Gasteiger partial charge in [-0.3, -0.25) is 9.80 Å². The number of nitrogens with one attached hydrogen (secondary N) is 1. The third-order valence-corrected chi connectivity index (χ3v) is 5.52. The van der Waals surface area contributed by atoms with Crippen molar-refractivity contribution in [3.8, 4) is 0 Å². The van der Waals surface area contributed by atoms with Crippen LogP contribution in [0.4, 0.5) is 18.9 Å². The van der Waals surface area contributed by atoms with Crippen molar-refractivity contribution in [1.29, 1.82) is 0 Å². The summed E-state index contributed by atoms with van der Waals surface area (Å²) in [4.78, 5) is 22.8. The lowest BCUT2D eigenvalue weighted by Crippen LogP contribution is -2.48. The van der Waals surface area contributed by atoms with Crippen molar-refractivity contribution in [2.45, 2.75) is 39.0 Å². The van der Waals surface area contributed by atoms with Gasteiger partial charge in [0.05, 0.1) is 23.8 Å². The SMILES string of the molecule is C=C[C@H]1CN(C2=C=NC(C)=NC(C(F)(F)F)=C2)NC[C@@H](C)N1C(=O)c1cc(C)ccc1N(C)N. The van der Waals surface area contributed by atoms with Gasteiger partial charge in [-0.15, -0.1) is 6.58 Å². The molecule has 0 aliphatic carbocycles. The highest BCUT2D eigenvalue weighted by molar-refractivity contribution is 6.00. The van der Waals surface area contributed by atoms with Crippen molar-refractivity contribution in [2.24, 2.45) is 15.8 Å². The zero-order valence-corrected chi connectivity index (χ0v) is 19.5. The van der Waals surface area contributed by atoms with Gasteiger partial charge in [-0.1, -0.05) is 17.7 Å². The number of rotatable bonds is 4. The Labute approximate surface area is 196 Å². The molecule has 34 heavy (non-hydrogen) atoms. The molecule has 1 aromatic rings. The molecule has 3 N–H and O–H groups in total. The van der Waals surface area contributed by atoms with Crippen LogP contribution in [0.1, 0.15) is 29.8 Å². The zero-order chi connectivity index (χ0) is 25.2. The predicted octanol–water partition coefficient (Wildman–Crippen LogP) is 2.94. The van der Waals surface area contributed by atoms with Gasteiger partial charge in [0.2, 0.25) is 0 Å². The Morgan fingerprint density at radius 2 is 2.09 bits per heavy atom. The van der Waals surface area contributed by atoms with Gasteiger partial charge >= 0.3 is 6.18 Å². The quantitative estimate of drug-likeness (QED) is 0.397. The fourth-order valence-corrected chi connectivity index (χ4v) is 3.81.